The molecule has 2 rings (SSSR count). The minimum absolute atomic E-state index is 0.889. The molecule has 0 bridgehead atoms. The molecular formula is C9H17N. The Balaban J connectivity index is 1.62. The second-order valence-corrected chi connectivity index (χ2v) is 4.07. The molecule has 0 amide bonds. The number of hydrogen-bond acceptors (Lipinski definition) is 1. The first kappa shape index (κ1) is 6.66. The molecule has 1 heteroatoms. The van der Waals surface area contributed by atoms with Crippen LogP contribution in [-0.4, -0.2) is 12.1 Å². The Morgan fingerprint density at radius 2 is 1.80 bits per heavy atom. The van der Waals surface area contributed by atoms with Crippen LogP contribution < -0.4 is 5.32 Å². The first-order chi connectivity index (χ1) is 4.84. The summed E-state index contributed by atoms with van der Waals surface area (Å²) in [6.07, 6.45) is 7.18. The maximum atomic E-state index is 3.68. The molecule has 2 saturated carbocycles. The number of nitrogens with one attached hydrogen (secondary N) is 1. The molecule has 0 aliphatic heterocycles. The highest BCUT2D eigenvalue weighted by Gasteiger charge is 2.28. The minimum Gasteiger partial charge on any atom is -0.311 e. The van der Waals surface area contributed by atoms with Crippen molar-refractivity contribution in [2.75, 3.05) is 0 Å². The van der Waals surface area contributed by atoms with E-state index in [4.69, 9.17) is 0 Å². The van der Waals surface area contributed by atoms with Crippen molar-refractivity contribution in [2.45, 2.75) is 51.1 Å². The molecular weight excluding hydrogens is 122 g/mol. The Morgan fingerprint density at radius 3 is 2.20 bits per heavy atom. The van der Waals surface area contributed by atoms with Gasteiger partial charge in [0.2, 0.25) is 0 Å². The van der Waals surface area contributed by atoms with E-state index in [0.29, 0.717) is 0 Å². The Kier molecular flexibility index (Phi) is 1.69. The lowest BCUT2D eigenvalue weighted by molar-refractivity contribution is 0.190. The zero-order chi connectivity index (χ0) is 6.97. The molecule has 0 aromatic carbocycles. The fourth-order valence-corrected chi connectivity index (χ4v) is 1.95. The normalized spacial score (nSPS) is 40.5. The van der Waals surface area contributed by atoms with E-state index in [1.54, 1.807) is 0 Å². The van der Waals surface area contributed by atoms with Crippen LogP contribution in [0.25, 0.3) is 0 Å². The lowest BCUT2D eigenvalue weighted by Gasteiger charge is -2.39. The molecule has 2 aliphatic carbocycles. The minimum atomic E-state index is 0.889. The number of rotatable bonds is 2. The Morgan fingerprint density at radius 1 is 1.10 bits per heavy atom. The van der Waals surface area contributed by atoms with Crippen LogP contribution in [0.15, 0.2) is 0 Å². The van der Waals surface area contributed by atoms with Gasteiger partial charge in [0.1, 0.15) is 0 Å². The van der Waals surface area contributed by atoms with Gasteiger partial charge in [0.25, 0.3) is 0 Å². The SMILES string of the molecule is CC1CC(NC2CCC2)C1. The molecule has 0 aromatic rings. The third-order valence-corrected chi connectivity index (χ3v) is 2.95. The molecule has 0 radical (unpaired) electrons. The Hall–Kier alpha value is -0.0400. The van der Waals surface area contributed by atoms with Crippen molar-refractivity contribution in [3.8, 4) is 0 Å². The summed E-state index contributed by atoms with van der Waals surface area (Å²) >= 11 is 0. The van der Waals surface area contributed by atoms with E-state index in [1.807, 2.05) is 0 Å². The van der Waals surface area contributed by atoms with E-state index in [0.717, 1.165) is 18.0 Å². The van der Waals surface area contributed by atoms with Gasteiger partial charge in [-0.15, -0.1) is 0 Å². The highest BCUT2D eigenvalue weighted by atomic mass is 15.0. The van der Waals surface area contributed by atoms with Crippen LogP contribution in [-0.2, 0) is 0 Å². The fraction of sp³-hybridized carbons (Fsp3) is 1.00. The van der Waals surface area contributed by atoms with Crippen LogP contribution >= 0.6 is 0 Å². The van der Waals surface area contributed by atoms with Crippen LogP contribution in [0.3, 0.4) is 0 Å². The van der Waals surface area contributed by atoms with E-state index in [-0.39, 0.29) is 0 Å². The largest absolute Gasteiger partial charge is 0.311 e. The van der Waals surface area contributed by atoms with Crippen molar-refractivity contribution < 1.29 is 0 Å². The molecule has 0 aromatic heterocycles. The summed E-state index contributed by atoms with van der Waals surface area (Å²) in [7, 11) is 0. The van der Waals surface area contributed by atoms with Crippen LogP contribution in [0.4, 0.5) is 0 Å². The molecule has 1 N–H and O–H groups in total. The smallest absolute Gasteiger partial charge is 0.00747 e. The van der Waals surface area contributed by atoms with Gasteiger partial charge in [-0.2, -0.15) is 0 Å². The maximum absolute atomic E-state index is 3.68. The highest BCUT2D eigenvalue weighted by Crippen LogP contribution is 2.29. The van der Waals surface area contributed by atoms with Crippen molar-refractivity contribution >= 4 is 0 Å². The quantitative estimate of drug-likeness (QED) is 0.616. The summed E-state index contributed by atoms with van der Waals surface area (Å²) in [4.78, 5) is 0. The monoisotopic (exact) mass is 139 g/mol. The average molecular weight is 139 g/mol. The number of hydrogen-bond donors (Lipinski definition) is 1. The predicted molar refractivity (Wildman–Crippen MR) is 43.0 cm³/mol. The van der Waals surface area contributed by atoms with Crippen molar-refractivity contribution in [3.05, 3.63) is 0 Å². The molecule has 0 unspecified atom stereocenters. The average Bonchev–Trinajstić information content (AvgIpc) is 1.72. The summed E-state index contributed by atoms with van der Waals surface area (Å²) in [5, 5.41) is 3.68. The van der Waals surface area contributed by atoms with Crippen LogP contribution in [0.1, 0.15) is 39.0 Å². The van der Waals surface area contributed by atoms with E-state index in [1.165, 1.54) is 32.1 Å². The standard InChI is InChI=1S/C9H17N/c1-7-5-9(6-7)10-8-3-2-4-8/h7-10H,2-6H2,1H3. The summed E-state index contributed by atoms with van der Waals surface area (Å²) in [6.45, 7) is 2.35. The van der Waals surface area contributed by atoms with Crippen molar-refractivity contribution in [1.29, 1.82) is 0 Å². The van der Waals surface area contributed by atoms with Gasteiger partial charge < -0.3 is 5.32 Å². The van der Waals surface area contributed by atoms with Gasteiger partial charge in [-0.1, -0.05) is 13.3 Å². The molecule has 0 saturated heterocycles. The molecule has 58 valence electrons. The van der Waals surface area contributed by atoms with Crippen molar-refractivity contribution in [3.63, 3.8) is 0 Å². The molecule has 0 atom stereocenters. The Labute approximate surface area is 63.2 Å². The molecule has 2 fully saturated rings. The lowest BCUT2D eigenvalue weighted by Crippen LogP contribution is -2.48. The molecule has 0 heterocycles. The fourth-order valence-electron chi connectivity index (χ4n) is 1.95. The third kappa shape index (κ3) is 1.20. The topological polar surface area (TPSA) is 12.0 Å². The van der Waals surface area contributed by atoms with Crippen molar-refractivity contribution in [2.24, 2.45) is 5.92 Å². The molecule has 2 aliphatic rings. The second-order valence-electron chi connectivity index (χ2n) is 4.07. The van der Waals surface area contributed by atoms with Crippen LogP contribution in [0.5, 0.6) is 0 Å². The highest BCUT2D eigenvalue weighted by molar-refractivity contribution is 4.87. The van der Waals surface area contributed by atoms with Gasteiger partial charge in [0, 0.05) is 12.1 Å². The summed E-state index contributed by atoms with van der Waals surface area (Å²) in [5.41, 5.74) is 0. The molecule has 10 heavy (non-hydrogen) atoms. The van der Waals surface area contributed by atoms with Gasteiger partial charge in [0.15, 0.2) is 0 Å². The van der Waals surface area contributed by atoms with E-state index in [9.17, 15) is 0 Å². The van der Waals surface area contributed by atoms with Gasteiger partial charge in [-0.05, 0) is 31.6 Å². The Bertz CT molecular complexity index is 112. The lowest BCUT2D eigenvalue weighted by atomic mass is 9.80. The second kappa shape index (κ2) is 2.54. The van der Waals surface area contributed by atoms with Gasteiger partial charge in [-0.25, -0.2) is 0 Å². The first-order valence-electron chi connectivity index (χ1n) is 4.60. The van der Waals surface area contributed by atoms with E-state index in [2.05, 4.69) is 12.2 Å². The predicted octanol–water partition coefficient (Wildman–Crippen LogP) is 1.93. The summed E-state index contributed by atoms with van der Waals surface area (Å²) < 4.78 is 0. The summed E-state index contributed by atoms with van der Waals surface area (Å²) in [5.74, 6) is 0.998. The first-order valence-corrected chi connectivity index (χ1v) is 4.60. The van der Waals surface area contributed by atoms with Crippen LogP contribution in [0, 0.1) is 5.92 Å². The van der Waals surface area contributed by atoms with Gasteiger partial charge >= 0.3 is 0 Å². The van der Waals surface area contributed by atoms with E-state index < -0.39 is 0 Å². The molecule has 0 spiro atoms. The zero-order valence-corrected chi connectivity index (χ0v) is 6.77. The van der Waals surface area contributed by atoms with Gasteiger partial charge in [0.05, 0.1) is 0 Å². The maximum Gasteiger partial charge on any atom is 0.00747 e. The van der Waals surface area contributed by atoms with Crippen LogP contribution in [0.2, 0.25) is 0 Å². The van der Waals surface area contributed by atoms with Crippen molar-refractivity contribution in [1.82, 2.24) is 5.32 Å². The van der Waals surface area contributed by atoms with E-state index >= 15 is 0 Å². The third-order valence-electron chi connectivity index (χ3n) is 2.95. The summed E-state index contributed by atoms with van der Waals surface area (Å²) in [6, 6.07) is 1.79. The zero-order valence-electron chi connectivity index (χ0n) is 6.77. The molecule has 1 nitrogen and oxygen atoms in total. The van der Waals surface area contributed by atoms with Gasteiger partial charge in [-0.3, -0.25) is 0 Å².